The van der Waals surface area contributed by atoms with Gasteiger partial charge in [0, 0.05) is 0 Å². The number of hydrogen-bond acceptors (Lipinski definition) is 3. The van der Waals surface area contributed by atoms with Crippen molar-refractivity contribution in [1.29, 1.82) is 0 Å². The topological polar surface area (TPSA) is 55.0 Å². The van der Waals surface area contributed by atoms with Gasteiger partial charge in [-0.2, -0.15) is 13.2 Å². The number of nitrogens with zero attached hydrogens (tertiary/aromatic N) is 1. The number of carbonyl (C=O) groups is 1. The highest BCUT2D eigenvalue weighted by Gasteiger charge is 2.30. The molecule has 1 aromatic carbocycles. The van der Waals surface area contributed by atoms with Crippen LogP contribution in [-0.2, 0) is 10.9 Å². The fourth-order valence-electron chi connectivity index (χ4n) is 1.48. The molecule has 0 spiro atoms. The van der Waals surface area contributed by atoms with Crippen LogP contribution in [0.4, 0.5) is 13.2 Å². The van der Waals surface area contributed by atoms with Gasteiger partial charge in [-0.1, -0.05) is 0 Å². The van der Waals surface area contributed by atoms with E-state index in [-0.39, 0.29) is 23.5 Å². The Bertz CT molecular complexity index is 589. The lowest BCUT2D eigenvalue weighted by Crippen LogP contribution is -2.06. The SMILES string of the molecule is CCOC(=O)c1nc2ccc(C(F)(F)F)cc2[nH]1. The molecule has 0 bridgehead atoms. The summed E-state index contributed by atoms with van der Waals surface area (Å²) in [7, 11) is 0. The van der Waals surface area contributed by atoms with Crippen molar-refractivity contribution in [3.8, 4) is 0 Å². The Morgan fingerprint density at radius 3 is 2.78 bits per heavy atom. The number of H-pyrrole nitrogens is 1. The van der Waals surface area contributed by atoms with Crippen LogP contribution in [0.2, 0.25) is 0 Å². The molecule has 0 radical (unpaired) electrons. The van der Waals surface area contributed by atoms with E-state index in [0.717, 1.165) is 12.1 Å². The van der Waals surface area contributed by atoms with E-state index < -0.39 is 17.7 Å². The van der Waals surface area contributed by atoms with Crippen molar-refractivity contribution in [2.24, 2.45) is 0 Å². The number of hydrogen-bond donors (Lipinski definition) is 1. The summed E-state index contributed by atoms with van der Waals surface area (Å²) in [6, 6.07) is 3.03. The number of esters is 1. The minimum absolute atomic E-state index is 0.105. The highest BCUT2D eigenvalue weighted by Crippen LogP contribution is 2.30. The van der Waals surface area contributed by atoms with Crippen LogP contribution >= 0.6 is 0 Å². The van der Waals surface area contributed by atoms with E-state index in [0.29, 0.717) is 0 Å². The van der Waals surface area contributed by atoms with Crippen LogP contribution in [0.3, 0.4) is 0 Å². The lowest BCUT2D eigenvalue weighted by Gasteiger charge is -2.05. The summed E-state index contributed by atoms with van der Waals surface area (Å²) in [4.78, 5) is 17.7. The maximum Gasteiger partial charge on any atom is 0.416 e. The van der Waals surface area contributed by atoms with Crippen molar-refractivity contribution >= 4 is 17.0 Å². The molecule has 1 heterocycles. The van der Waals surface area contributed by atoms with Gasteiger partial charge in [0.25, 0.3) is 0 Å². The summed E-state index contributed by atoms with van der Waals surface area (Å²) >= 11 is 0. The molecule has 0 aliphatic rings. The molecule has 18 heavy (non-hydrogen) atoms. The highest BCUT2D eigenvalue weighted by atomic mass is 19.4. The molecule has 1 aromatic heterocycles. The lowest BCUT2D eigenvalue weighted by atomic mass is 10.2. The molecule has 2 aromatic rings. The molecule has 96 valence electrons. The van der Waals surface area contributed by atoms with Crippen LogP contribution in [0.5, 0.6) is 0 Å². The number of rotatable bonds is 2. The second-order valence-electron chi connectivity index (χ2n) is 3.54. The number of imidazole rings is 1. The molecule has 0 aliphatic carbocycles. The van der Waals surface area contributed by atoms with Gasteiger partial charge in [0.05, 0.1) is 23.2 Å². The van der Waals surface area contributed by atoms with Gasteiger partial charge in [-0.05, 0) is 25.1 Å². The quantitative estimate of drug-likeness (QED) is 0.842. The molecular formula is C11H9F3N2O2. The molecule has 0 amide bonds. The molecule has 4 nitrogen and oxygen atoms in total. The first-order valence-corrected chi connectivity index (χ1v) is 5.16. The van der Waals surface area contributed by atoms with Crippen molar-refractivity contribution in [3.63, 3.8) is 0 Å². The Hall–Kier alpha value is -2.05. The van der Waals surface area contributed by atoms with Crippen LogP contribution in [0.15, 0.2) is 18.2 Å². The van der Waals surface area contributed by atoms with E-state index in [9.17, 15) is 18.0 Å². The van der Waals surface area contributed by atoms with E-state index >= 15 is 0 Å². The van der Waals surface area contributed by atoms with Crippen molar-refractivity contribution in [2.45, 2.75) is 13.1 Å². The third kappa shape index (κ3) is 2.29. The number of alkyl halides is 3. The van der Waals surface area contributed by atoms with E-state index in [1.807, 2.05) is 0 Å². The van der Waals surface area contributed by atoms with Crippen LogP contribution in [-0.4, -0.2) is 22.5 Å². The van der Waals surface area contributed by atoms with E-state index in [2.05, 4.69) is 9.97 Å². The van der Waals surface area contributed by atoms with Gasteiger partial charge in [0.1, 0.15) is 0 Å². The third-order valence-electron chi connectivity index (χ3n) is 2.28. The van der Waals surface area contributed by atoms with Gasteiger partial charge in [-0.3, -0.25) is 0 Å². The molecule has 0 aliphatic heterocycles. The molecule has 0 fully saturated rings. The van der Waals surface area contributed by atoms with E-state index in [1.54, 1.807) is 6.92 Å². The minimum atomic E-state index is -4.43. The van der Waals surface area contributed by atoms with Crippen LogP contribution in [0.25, 0.3) is 11.0 Å². The molecular weight excluding hydrogens is 249 g/mol. The molecule has 0 unspecified atom stereocenters. The first-order valence-electron chi connectivity index (χ1n) is 5.16. The highest BCUT2D eigenvalue weighted by molar-refractivity contribution is 5.90. The molecule has 0 saturated carbocycles. The maximum absolute atomic E-state index is 12.5. The van der Waals surface area contributed by atoms with Crippen molar-refractivity contribution in [2.75, 3.05) is 6.61 Å². The average Bonchev–Trinajstić information content (AvgIpc) is 2.70. The number of benzene rings is 1. The fourth-order valence-corrected chi connectivity index (χ4v) is 1.48. The van der Waals surface area contributed by atoms with Gasteiger partial charge < -0.3 is 9.72 Å². The van der Waals surface area contributed by atoms with Crippen molar-refractivity contribution in [1.82, 2.24) is 9.97 Å². The lowest BCUT2D eigenvalue weighted by molar-refractivity contribution is -0.137. The van der Waals surface area contributed by atoms with Crippen LogP contribution in [0, 0.1) is 0 Å². The fraction of sp³-hybridized carbons (Fsp3) is 0.273. The van der Waals surface area contributed by atoms with Crippen molar-refractivity contribution < 1.29 is 22.7 Å². The van der Waals surface area contributed by atoms with Gasteiger partial charge in [-0.25, -0.2) is 9.78 Å². The summed E-state index contributed by atoms with van der Waals surface area (Å²) in [6.07, 6.45) is -4.43. The number of aromatic amines is 1. The summed E-state index contributed by atoms with van der Waals surface area (Å²) in [5.41, 5.74) is -0.368. The number of fused-ring (bicyclic) bond motifs is 1. The number of nitrogens with one attached hydrogen (secondary N) is 1. The Morgan fingerprint density at radius 2 is 2.17 bits per heavy atom. The Kier molecular flexibility index (Phi) is 2.98. The zero-order valence-electron chi connectivity index (χ0n) is 9.34. The standard InChI is InChI=1S/C11H9F3N2O2/c1-2-18-10(17)9-15-7-4-3-6(11(12,13)14)5-8(7)16-9/h3-5H,2H2,1H3,(H,15,16). The summed E-state index contributed by atoms with van der Waals surface area (Å²) < 4.78 is 42.1. The van der Waals surface area contributed by atoms with E-state index in [4.69, 9.17) is 4.74 Å². The number of aromatic nitrogens is 2. The molecule has 0 saturated heterocycles. The van der Waals surface area contributed by atoms with Crippen LogP contribution in [0.1, 0.15) is 23.1 Å². The summed E-state index contributed by atoms with van der Waals surface area (Å²) in [5, 5.41) is 0. The third-order valence-corrected chi connectivity index (χ3v) is 2.28. The molecule has 2 rings (SSSR count). The zero-order valence-corrected chi connectivity index (χ0v) is 9.34. The van der Waals surface area contributed by atoms with E-state index in [1.165, 1.54) is 6.07 Å². The van der Waals surface area contributed by atoms with Crippen molar-refractivity contribution in [3.05, 3.63) is 29.6 Å². The van der Waals surface area contributed by atoms with Gasteiger partial charge >= 0.3 is 12.1 Å². The normalized spacial score (nSPS) is 11.8. The second kappa shape index (κ2) is 4.32. The number of ether oxygens (including phenoxy) is 1. The average molecular weight is 258 g/mol. The van der Waals surface area contributed by atoms with Gasteiger partial charge in [0.15, 0.2) is 0 Å². The van der Waals surface area contributed by atoms with Crippen LogP contribution < -0.4 is 0 Å². The monoisotopic (exact) mass is 258 g/mol. The second-order valence-corrected chi connectivity index (χ2v) is 3.54. The van der Waals surface area contributed by atoms with Gasteiger partial charge in [-0.15, -0.1) is 0 Å². The Balaban J connectivity index is 2.43. The summed E-state index contributed by atoms with van der Waals surface area (Å²) in [5.74, 6) is -0.798. The first-order chi connectivity index (χ1) is 8.41. The molecule has 1 N–H and O–H groups in total. The Labute approximate surface area is 99.8 Å². The zero-order chi connectivity index (χ0) is 13.3. The molecule has 7 heteroatoms. The Morgan fingerprint density at radius 1 is 1.44 bits per heavy atom. The maximum atomic E-state index is 12.5. The van der Waals surface area contributed by atoms with Gasteiger partial charge in [0.2, 0.25) is 5.82 Å². The minimum Gasteiger partial charge on any atom is -0.460 e. The number of carbonyl (C=O) groups excluding carboxylic acids is 1. The predicted octanol–water partition coefficient (Wildman–Crippen LogP) is 2.76. The smallest absolute Gasteiger partial charge is 0.416 e. The summed E-state index contributed by atoms with van der Waals surface area (Å²) in [6.45, 7) is 1.80. The number of halogens is 3. The predicted molar refractivity (Wildman–Crippen MR) is 57.1 cm³/mol. The first kappa shape index (κ1) is 12.4. The molecule has 0 atom stereocenters. The largest absolute Gasteiger partial charge is 0.460 e.